The van der Waals surface area contributed by atoms with Gasteiger partial charge in [0.15, 0.2) is 0 Å². The molecule has 10 nitrogen and oxygen atoms in total. The Bertz CT molecular complexity index is 1220. The zero-order valence-corrected chi connectivity index (χ0v) is 21.1. The number of carbonyl (C=O) groups is 1. The van der Waals surface area contributed by atoms with Crippen molar-refractivity contribution in [2.45, 2.75) is 45.2 Å². The molecule has 0 aromatic carbocycles. The van der Waals surface area contributed by atoms with Gasteiger partial charge < -0.3 is 10.1 Å². The monoisotopic (exact) mass is 522 g/mol. The lowest BCUT2D eigenvalue weighted by Gasteiger charge is -2.25. The van der Waals surface area contributed by atoms with Gasteiger partial charge in [-0.05, 0) is 45.7 Å². The molecule has 0 saturated heterocycles. The van der Waals surface area contributed by atoms with E-state index in [1.807, 2.05) is 6.92 Å². The van der Waals surface area contributed by atoms with Gasteiger partial charge in [-0.15, -0.1) is 0 Å². The van der Waals surface area contributed by atoms with Gasteiger partial charge >= 0.3 is 0 Å². The number of ether oxygens (including phenoxy) is 1. The fourth-order valence-electron chi connectivity index (χ4n) is 3.22. The Morgan fingerprint density at radius 3 is 2.71 bits per heavy atom. The highest BCUT2D eigenvalue weighted by Crippen LogP contribution is 2.41. The van der Waals surface area contributed by atoms with Gasteiger partial charge in [0.1, 0.15) is 10.0 Å². The van der Waals surface area contributed by atoms with Gasteiger partial charge in [-0.1, -0.05) is 22.9 Å². The Kier molecular flexibility index (Phi) is 7.12. The number of aromatic nitrogens is 4. The summed E-state index contributed by atoms with van der Waals surface area (Å²) in [6, 6.07) is 3.29. The first kappa shape index (κ1) is 24.5. The number of nitrogens with zero attached hydrogens (tertiary/aromatic N) is 5. The molecule has 13 heteroatoms. The van der Waals surface area contributed by atoms with Crippen molar-refractivity contribution in [1.82, 2.24) is 25.3 Å². The number of hydrogen-bond donors (Lipinski definition) is 2. The summed E-state index contributed by atoms with van der Waals surface area (Å²) in [7, 11) is 0. The third-order valence-electron chi connectivity index (χ3n) is 5.02. The van der Waals surface area contributed by atoms with Gasteiger partial charge in [0, 0.05) is 17.8 Å². The van der Waals surface area contributed by atoms with E-state index in [1.165, 1.54) is 10.5 Å². The number of anilines is 1. The lowest BCUT2D eigenvalue weighted by atomic mass is 10.0. The molecule has 180 valence electrons. The van der Waals surface area contributed by atoms with Crippen LogP contribution in [0.3, 0.4) is 0 Å². The highest BCUT2D eigenvalue weighted by molar-refractivity contribution is 7.81. The van der Waals surface area contributed by atoms with E-state index in [-0.39, 0.29) is 11.7 Å². The van der Waals surface area contributed by atoms with Crippen LogP contribution in [0.4, 0.5) is 5.13 Å². The number of pyridine rings is 1. The first-order chi connectivity index (χ1) is 16.2. The molecule has 2 N–H and O–H groups in total. The van der Waals surface area contributed by atoms with Crippen molar-refractivity contribution in [2.75, 3.05) is 10.9 Å². The first-order valence-corrected chi connectivity index (χ1v) is 12.8. The second-order valence-electron chi connectivity index (χ2n) is 8.09. The highest BCUT2D eigenvalue weighted by atomic mass is 35.5. The van der Waals surface area contributed by atoms with E-state index >= 15 is 0 Å². The molecule has 1 amide bonds. The highest BCUT2D eigenvalue weighted by Gasteiger charge is 2.37. The second-order valence-corrected chi connectivity index (χ2v) is 10.5. The smallest absolute Gasteiger partial charge is 0.270 e. The lowest BCUT2D eigenvalue weighted by Crippen LogP contribution is -2.42. The molecule has 1 fully saturated rings. The van der Waals surface area contributed by atoms with Crippen LogP contribution in [0.25, 0.3) is 11.3 Å². The van der Waals surface area contributed by atoms with E-state index in [2.05, 4.69) is 25.3 Å². The summed E-state index contributed by atoms with van der Waals surface area (Å²) in [5.41, 5.74) is 0.932. The lowest BCUT2D eigenvalue weighted by molar-refractivity contribution is 0.0905. The van der Waals surface area contributed by atoms with E-state index < -0.39 is 22.7 Å². The van der Waals surface area contributed by atoms with Crippen LogP contribution in [-0.2, 0) is 16.8 Å². The van der Waals surface area contributed by atoms with E-state index in [0.717, 1.165) is 24.2 Å². The van der Waals surface area contributed by atoms with Crippen LogP contribution in [0.2, 0.25) is 4.34 Å². The van der Waals surface area contributed by atoms with Crippen LogP contribution in [0.15, 0.2) is 30.7 Å². The molecule has 1 atom stereocenters. The van der Waals surface area contributed by atoms with Crippen molar-refractivity contribution in [3.8, 4) is 17.1 Å². The maximum absolute atomic E-state index is 12.9. The number of thiazole rings is 1. The minimum absolute atomic E-state index is 0.0276. The topological polar surface area (TPSA) is 130 Å². The molecule has 4 rings (SSSR count). The average Bonchev–Trinajstić information content (AvgIpc) is 3.54. The molecule has 0 aliphatic heterocycles. The molecule has 3 heterocycles. The first-order valence-electron chi connectivity index (χ1n) is 10.5. The van der Waals surface area contributed by atoms with Gasteiger partial charge in [0.05, 0.1) is 35.9 Å². The molecular weight excluding hydrogens is 500 g/mol. The Hall–Kier alpha value is -2.67. The van der Waals surface area contributed by atoms with Crippen molar-refractivity contribution in [1.29, 1.82) is 0 Å². The van der Waals surface area contributed by atoms with Crippen molar-refractivity contribution < 1.29 is 18.3 Å². The Morgan fingerprint density at radius 2 is 2.09 bits per heavy atom. The van der Waals surface area contributed by atoms with Crippen LogP contribution >= 0.6 is 22.9 Å². The Balaban J connectivity index is 1.50. The average molecular weight is 523 g/mol. The minimum atomic E-state index is -2.20. The summed E-state index contributed by atoms with van der Waals surface area (Å²) in [5.74, 6) is -0.00513. The molecule has 34 heavy (non-hydrogen) atoms. The number of carbonyl (C=O) groups excluding carboxylic acids is 1. The maximum atomic E-state index is 12.9. The van der Waals surface area contributed by atoms with Crippen molar-refractivity contribution in [2.24, 2.45) is 0 Å². The van der Waals surface area contributed by atoms with Crippen LogP contribution in [0, 0.1) is 0 Å². The van der Waals surface area contributed by atoms with Gasteiger partial charge in [-0.25, -0.2) is 18.5 Å². The fraction of sp³-hybridized carbons (Fsp3) is 0.381. The standard InChI is InChI=1S/C21H23ClN6O4S2/c1-4-32-16-11-23-10-15(25-16)12-5-8-14(24-9-12)19(29)27-21(2,3)17-18(22)33-20(26-17)28(34(30)31)13-6-7-13/h5,8-11,13H,4,6-7H2,1-3H3,(H,27,29)(H,30,31). The third-order valence-corrected chi connectivity index (χ3v) is 7.20. The number of nitrogens with one attached hydrogen (secondary N) is 1. The number of rotatable bonds is 9. The van der Waals surface area contributed by atoms with E-state index in [0.29, 0.717) is 38.9 Å². The van der Waals surface area contributed by atoms with Crippen molar-refractivity contribution in [3.05, 3.63) is 46.4 Å². The molecule has 1 saturated carbocycles. The van der Waals surface area contributed by atoms with Gasteiger partial charge in [-0.3, -0.25) is 19.3 Å². The summed E-state index contributed by atoms with van der Waals surface area (Å²) in [6.45, 7) is 5.86. The van der Waals surface area contributed by atoms with Crippen LogP contribution < -0.4 is 14.4 Å². The maximum Gasteiger partial charge on any atom is 0.270 e. The Morgan fingerprint density at radius 1 is 1.32 bits per heavy atom. The van der Waals surface area contributed by atoms with Gasteiger partial charge in [0.2, 0.25) is 11.0 Å². The van der Waals surface area contributed by atoms with Crippen LogP contribution in [0.5, 0.6) is 5.88 Å². The zero-order chi connectivity index (χ0) is 24.5. The van der Waals surface area contributed by atoms with E-state index in [4.69, 9.17) is 16.3 Å². The summed E-state index contributed by atoms with van der Waals surface area (Å²) in [6.07, 6.45) is 6.31. The SMILES string of the molecule is CCOc1cncc(-c2ccc(C(=O)NC(C)(C)c3nc(N(C4CC4)S(=O)O)sc3Cl)nc2)n1. The number of halogens is 1. The molecule has 1 unspecified atom stereocenters. The van der Waals surface area contributed by atoms with E-state index in [1.54, 1.807) is 38.4 Å². The predicted molar refractivity (Wildman–Crippen MR) is 130 cm³/mol. The summed E-state index contributed by atoms with van der Waals surface area (Å²) >= 11 is 5.33. The zero-order valence-electron chi connectivity index (χ0n) is 18.7. The molecule has 0 radical (unpaired) electrons. The molecule has 3 aromatic rings. The van der Waals surface area contributed by atoms with Crippen molar-refractivity contribution in [3.63, 3.8) is 0 Å². The minimum Gasteiger partial charge on any atom is -0.477 e. The second kappa shape index (κ2) is 9.90. The van der Waals surface area contributed by atoms with Crippen molar-refractivity contribution >= 4 is 45.2 Å². The molecular formula is C21H23ClN6O4S2. The fourth-order valence-corrected chi connectivity index (χ4v) is 5.58. The quantitative estimate of drug-likeness (QED) is 0.405. The normalized spacial score (nSPS) is 14.5. The summed E-state index contributed by atoms with van der Waals surface area (Å²) in [4.78, 5) is 30.1. The number of amides is 1. The third kappa shape index (κ3) is 5.35. The summed E-state index contributed by atoms with van der Waals surface area (Å²) < 4.78 is 28.5. The molecule has 1 aliphatic carbocycles. The van der Waals surface area contributed by atoms with Gasteiger partial charge in [-0.2, -0.15) is 0 Å². The van der Waals surface area contributed by atoms with Gasteiger partial charge in [0.25, 0.3) is 17.2 Å². The summed E-state index contributed by atoms with van der Waals surface area (Å²) in [5, 5.41) is 3.25. The van der Waals surface area contributed by atoms with E-state index in [9.17, 15) is 13.6 Å². The largest absolute Gasteiger partial charge is 0.477 e. The number of hydrogen-bond acceptors (Lipinski definition) is 8. The molecule has 1 aliphatic rings. The molecule has 0 spiro atoms. The molecule has 0 bridgehead atoms. The van der Waals surface area contributed by atoms with Crippen LogP contribution in [-0.4, -0.2) is 47.3 Å². The van der Waals surface area contributed by atoms with Crippen LogP contribution in [0.1, 0.15) is 49.8 Å². The molecule has 3 aromatic heterocycles. The Labute approximate surface area is 208 Å². The predicted octanol–water partition coefficient (Wildman–Crippen LogP) is 3.82.